The smallest absolute Gasteiger partial charge is 0.335 e. The minimum absolute atomic E-state index is 0.180. The number of nitriles is 1. The minimum Gasteiger partial charge on any atom is -0.457 e. The number of fused-ring (bicyclic) bond motifs is 1. The SMILES string of the molecule is N#CCC(=O)N1CCC[C@H]1Cn1c(=O)n(-c2ccc(Oc3ccccc3)cc2)c2c(N)ncnc21. The van der Waals surface area contributed by atoms with Crippen molar-refractivity contribution in [2.24, 2.45) is 0 Å². The summed E-state index contributed by atoms with van der Waals surface area (Å²) in [6.07, 6.45) is 2.69. The van der Waals surface area contributed by atoms with E-state index in [4.69, 9.17) is 15.7 Å². The topological polar surface area (TPSA) is 132 Å². The van der Waals surface area contributed by atoms with E-state index in [-0.39, 0.29) is 36.4 Å². The van der Waals surface area contributed by atoms with Gasteiger partial charge in [0, 0.05) is 19.1 Å². The number of ether oxygens (including phenoxy) is 1. The number of nitrogens with zero attached hydrogens (tertiary/aromatic N) is 6. The van der Waals surface area contributed by atoms with E-state index in [2.05, 4.69) is 9.97 Å². The van der Waals surface area contributed by atoms with Crippen LogP contribution in [0, 0.1) is 11.3 Å². The number of carbonyl (C=O) groups excluding carboxylic acids is 1. The number of para-hydroxylation sites is 1. The van der Waals surface area contributed by atoms with Gasteiger partial charge in [-0.25, -0.2) is 14.8 Å². The van der Waals surface area contributed by atoms with Crippen LogP contribution >= 0.6 is 0 Å². The van der Waals surface area contributed by atoms with Crippen LogP contribution in [0.1, 0.15) is 19.3 Å². The van der Waals surface area contributed by atoms with Crippen molar-refractivity contribution >= 4 is 22.9 Å². The molecule has 3 heterocycles. The highest BCUT2D eigenvalue weighted by atomic mass is 16.5. The Labute approximate surface area is 200 Å². The molecule has 2 aromatic carbocycles. The molecule has 1 aliphatic rings. The highest BCUT2D eigenvalue weighted by Crippen LogP contribution is 2.26. The Balaban J connectivity index is 1.51. The van der Waals surface area contributed by atoms with Gasteiger partial charge in [0.15, 0.2) is 11.5 Å². The second kappa shape index (κ2) is 9.30. The van der Waals surface area contributed by atoms with Gasteiger partial charge >= 0.3 is 5.69 Å². The Hall–Kier alpha value is -4.65. The first-order valence-corrected chi connectivity index (χ1v) is 11.3. The molecular weight excluding hydrogens is 446 g/mol. The van der Waals surface area contributed by atoms with Gasteiger partial charge in [0.05, 0.1) is 11.8 Å². The number of likely N-dealkylation sites (tertiary alicyclic amines) is 1. The molecule has 35 heavy (non-hydrogen) atoms. The summed E-state index contributed by atoms with van der Waals surface area (Å²) in [5.74, 6) is 1.28. The lowest BCUT2D eigenvalue weighted by molar-refractivity contribution is -0.131. The summed E-state index contributed by atoms with van der Waals surface area (Å²) in [6.45, 7) is 0.823. The Bertz CT molecular complexity index is 1470. The zero-order valence-corrected chi connectivity index (χ0v) is 18.9. The Kier molecular flexibility index (Phi) is 5.89. The maximum atomic E-state index is 13.6. The van der Waals surface area contributed by atoms with Gasteiger partial charge in [0.2, 0.25) is 5.91 Å². The van der Waals surface area contributed by atoms with Crippen molar-refractivity contribution in [1.29, 1.82) is 5.26 Å². The highest BCUT2D eigenvalue weighted by molar-refractivity contribution is 5.84. The number of hydrogen-bond acceptors (Lipinski definition) is 7. The van der Waals surface area contributed by atoms with Crippen molar-refractivity contribution in [1.82, 2.24) is 24.0 Å². The molecule has 1 saturated heterocycles. The number of hydrogen-bond donors (Lipinski definition) is 1. The van der Waals surface area contributed by atoms with E-state index in [9.17, 15) is 9.59 Å². The second-order valence-electron chi connectivity index (χ2n) is 8.29. The van der Waals surface area contributed by atoms with Crippen LogP contribution in [-0.4, -0.2) is 42.5 Å². The molecule has 2 aromatic heterocycles. The normalized spacial score (nSPS) is 15.3. The van der Waals surface area contributed by atoms with E-state index >= 15 is 0 Å². The number of imidazole rings is 1. The Morgan fingerprint density at radius 1 is 1.11 bits per heavy atom. The lowest BCUT2D eigenvalue weighted by atomic mass is 10.2. The van der Waals surface area contributed by atoms with Crippen LogP contribution in [-0.2, 0) is 11.3 Å². The van der Waals surface area contributed by atoms with E-state index in [0.717, 1.165) is 12.8 Å². The van der Waals surface area contributed by atoms with Gasteiger partial charge in [0.25, 0.3) is 0 Å². The van der Waals surface area contributed by atoms with Gasteiger partial charge in [-0.05, 0) is 49.2 Å². The fourth-order valence-electron chi connectivity index (χ4n) is 4.53. The van der Waals surface area contributed by atoms with Gasteiger partial charge in [-0.15, -0.1) is 0 Å². The number of nitrogen functional groups attached to an aromatic ring is 1. The molecule has 176 valence electrons. The maximum Gasteiger partial charge on any atom is 0.335 e. The number of nitrogens with two attached hydrogens (primary N) is 1. The van der Waals surface area contributed by atoms with E-state index in [1.807, 2.05) is 36.4 Å². The van der Waals surface area contributed by atoms with Gasteiger partial charge in [0.1, 0.15) is 29.8 Å². The fraction of sp³-hybridized carbons (Fsp3) is 0.240. The predicted molar refractivity (Wildman–Crippen MR) is 129 cm³/mol. The first-order valence-electron chi connectivity index (χ1n) is 11.3. The average Bonchev–Trinajstić information content (AvgIpc) is 3.44. The first kappa shape index (κ1) is 22.2. The van der Waals surface area contributed by atoms with E-state index in [1.54, 1.807) is 29.2 Å². The number of amides is 1. The van der Waals surface area contributed by atoms with Crippen LogP contribution in [0.2, 0.25) is 0 Å². The number of benzene rings is 2. The van der Waals surface area contributed by atoms with Crippen molar-refractivity contribution in [3.8, 4) is 23.3 Å². The molecule has 10 nitrogen and oxygen atoms in total. The van der Waals surface area contributed by atoms with E-state index < -0.39 is 0 Å². The molecule has 0 radical (unpaired) electrons. The lowest BCUT2D eigenvalue weighted by Gasteiger charge is -2.24. The molecule has 1 amide bonds. The van der Waals surface area contributed by atoms with Crippen LogP contribution in [0.3, 0.4) is 0 Å². The third-order valence-electron chi connectivity index (χ3n) is 6.13. The van der Waals surface area contributed by atoms with Crippen LogP contribution in [0.5, 0.6) is 11.5 Å². The van der Waals surface area contributed by atoms with Crippen molar-refractivity contribution in [2.75, 3.05) is 12.3 Å². The van der Waals surface area contributed by atoms with Crippen LogP contribution in [0.25, 0.3) is 16.9 Å². The van der Waals surface area contributed by atoms with Gasteiger partial charge in [-0.2, -0.15) is 5.26 Å². The number of rotatable bonds is 6. The van der Waals surface area contributed by atoms with Crippen molar-refractivity contribution in [3.63, 3.8) is 0 Å². The highest BCUT2D eigenvalue weighted by Gasteiger charge is 2.30. The molecule has 4 aromatic rings. The molecule has 10 heteroatoms. The summed E-state index contributed by atoms with van der Waals surface area (Å²) < 4.78 is 8.87. The second-order valence-corrected chi connectivity index (χ2v) is 8.29. The quantitative estimate of drug-likeness (QED) is 0.459. The minimum atomic E-state index is -0.330. The van der Waals surface area contributed by atoms with Crippen LogP contribution in [0.15, 0.2) is 65.7 Å². The summed E-state index contributed by atoms with van der Waals surface area (Å²) in [5, 5.41) is 8.92. The molecule has 2 N–H and O–H groups in total. The molecule has 0 saturated carbocycles. The summed E-state index contributed by atoms with van der Waals surface area (Å²) in [5.41, 5.74) is 7.24. The molecule has 1 atom stereocenters. The van der Waals surface area contributed by atoms with E-state index in [1.165, 1.54) is 15.5 Å². The van der Waals surface area contributed by atoms with Crippen molar-refractivity contribution < 1.29 is 9.53 Å². The van der Waals surface area contributed by atoms with E-state index in [0.29, 0.717) is 34.9 Å². The lowest BCUT2D eigenvalue weighted by Crippen LogP contribution is -2.40. The maximum absolute atomic E-state index is 13.6. The number of anilines is 1. The zero-order chi connectivity index (χ0) is 24.4. The zero-order valence-electron chi connectivity index (χ0n) is 18.9. The third-order valence-corrected chi connectivity index (χ3v) is 6.13. The Morgan fingerprint density at radius 2 is 1.86 bits per heavy atom. The Morgan fingerprint density at radius 3 is 2.60 bits per heavy atom. The monoisotopic (exact) mass is 469 g/mol. The third kappa shape index (κ3) is 4.19. The fourth-order valence-corrected chi connectivity index (χ4v) is 4.53. The summed E-state index contributed by atoms with van der Waals surface area (Å²) in [4.78, 5) is 36.1. The van der Waals surface area contributed by atoms with Crippen LogP contribution < -0.4 is 16.2 Å². The number of carbonyl (C=O) groups is 1. The molecule has 0 unspecified atom stereocenters. The number of aromatic nitrogens is 4. The van der Waals surface area contributed by atoms with Gasteiger partial charge < -0.3 is 15.4 Å². The van der Waals surface area contributed by atoms with Crippen molar-refractivity contribution in [2.45, 2.75) is 31.8 Å². The molecule has 0 aliphatic carbocycles. The molecule has 1 aliphatic heterocycles. The summed E-state index contributed by atoms with van der Waals surface area (Å²) in [7, 11) is 0. The molecule has 0 spiro atoms. The standard InChI is InChI=1S/C25H23N7O3/c26-13-12-21(33)30-14-4-5-18(30)15-31-24-22(23(27)28-16-29-24)32(25(31)34)17-8-10-20(11-9-17)35-19-6-2-1-3-7-19/h1-3,6-11,16,18H,4-5,12,14-15H2,(H2,27,28,29)/t18-/m0/s1. The van der Waals surface area contributed by atoms with Crippen molar-refractivity contribution in [3.05, 3.63) is 71.4 Å². The average molecular weight is 470 g/mol. The summed E-state index contributed by atoms with van der Waals surface area (Å²) in [6, 6.07) is 18.2. The first-order chi connectivity index (χ1) is 17.1. The molecule has 1 fully saturated rings. The van der Waals surface area contributed by atoms with Crippen LogP contribution in [0.4, 0.5) is 5.82 Å². The predicted octanol–water partition coefficient (Wildman–Crippen LogP) is 2.86. The van der Waals surface area contributed by atoms with Gasteiger partial charge in [-0.3, -0.25) is 13.9 Å². The molecular formula is C25H23N7O3. The molecule has 5 rings (SSSR count). The largest absolute Gasteiger partial charge is 0.457 e. The molecule has 0 bridgehead atoms. The van der Waals surface area contributed by atoms with Gasteiger partial charge in [-0.1, -0.05) is 18.2 Å². The summed E-state index contributed by atoms with van der Waals surface area (Å²) >= 11 is 0.